The van der Waals surface area contributed by atoms with Gasteiger partial charge in [0.05, 0.1) is 25.7 Å². The molecule has 11 rings (SSSR count). The molecule has 0 saturated heterocycles. The Labute approximate surface area is 601 Å². The maximum atomic E-state index is 6.28. The van der Waals surface area contributed by atoms with E-state index >= 15 is 0 Å². The van der Waals surface area contributed by atoms with Crippen molar-refractivity contribution in [3.63, 3.8) is 0 Å². The SMILES string of the molecule is CCCCCCCCc1c(CCCCCCCC)c2cc(-c3sc(C)c4nc(-c5ccc6c(c5)C(CCCCCCCC)(CCCCCCCC)c5ccccc5-6)c(-c5ccc6c(c5)C(CCCCCCCC)(CCCCCCCC)c5ccccc5-6)nc34)sc2c2sc(C)cc12. The Balaban J connectivity index is 1.09. The van der Waals surface area contributed by atoms with Crippen LogP contribution in [0.5, 0.6) is 0 Å². The molecule has 9 aromatic rings. The lowest BCUT2D eigenvalue weighted by Crippen LogP contribution is -2.25. The van der Waals surface area contributed by atoms with Gasteiger partial charge in [-0.15, -0.1) is 34.0 Å². The smallest absolute Gasteiger partial charge is 0.109 e. The molecule has 0 amide bonds. The van der Waals surface area contributed by atoms with Gasteiger partial charge >= 0.3 is 0 Å². The first kappa shape index (κ1) is 73.3. The highest BCUT2D eigenvalue weighted by atomic mass is 32.1. The molecule has 2 aliphatic carbocycles. The molecule has 0 spiro atoms. The highest BCUT2D eigenvalue weighted by molar-refractivity contribution is 7.31. The maximum absolute atomic E-state index is 6.28. The highest BCUT2D eigenvalue weighted by Crippen LogP contribution is 2.58. The van der Waals surface area contributed by atoms with Crippen molar-refractivity contribution in [1.82, 2.24) is 9.97 Å². The molecule has 4 aromatic heterocycles. The van der Waals surface area contributed by atoms with Crippen LogP contribution in [0.4, 0.5) is 0 Å². The van der Waals surface area contributed by atoms with Crippen LogP contribution in [0.25, 0.3) is 85.7 Å². The fourth-order valence-corrected chi connectivity index (χ4v) is 21.4. The number of hydrogen-bond donors (Lipinski definition) is 0. The van der Waals surface area contributed by atoms with Gasteiger partial charge in [0, 0.05) is 36.6 Å². The van der Waals surface area contributed by atoms with E-state index in [1.165, 1.54) is 337 Å². The Kier molecular flexibility index (Phi) is 27.6. The molecule has 0 saturated carbocycles. The van der Waals surface area contributed by atoms with E-state index in [0.29, 0.717) is 0 Å². The fourth-order valence-electron chi connectivity index (χ4n) is 17.9. The van der Waals surface area contributed by atoms with Crippen molar-refractivity contribution >= 4 is 65.2 Å². The summed E-state index contributed by atoms with van der Waals surface area (Å²) < 4.78 is 3.00. The molecular weight excluding hydrogens is 1230 g/mol. The van der Waals surface area contributed by atoms with Crippen LogP contribution in [0.15, 0.2) is 97.1 Å². The molecule has 0 radical (unpaired) electrons. The van der Waals surface area contributed by atoms with Gasteiger partial charge in [0.25, 0.3) is 0 Å². The van der Waals surface area contributed by atoms with Gasteiger partial charge in [-0.25, -0.2) is 9.97 Å². The molecule has 0 atom stereocenters. The second kappa shape index (κ2) is 36.6. The summed E-state index contributed by atoms with van der Waals surface area (Å²) in [6, 6.07) is 39.8. The number of unbranched alkanes of at least 4 members (excludes halogenated alkanes) is 30. The number of thiophene rings is 3. The molecule has 2 aliphatic rings. The summed E-state index contributed by atoms with van der Waals surface area (Å²) in [5, 5.41) is 3.06. The maximum Gasteiger partial charge on any atom is 0.109 e. The Morgan fingerprint density at radius 3 is 1.09 bits per heavy atom. The zero-order chi connectivity index (χ0) is 67.4. The second-order valence-electron chi connectivity index (χ2n) is 30.4. The molecule has 520 valence electrons. The van der Waals surface area contributed by atoms with Crippen LogP contribution in [0.1, 0.15) is 342 Å². The Morgan fingerprint density at radius 2 is 0.670 bits per heavy atom. The zero-order valence-corrected chi connectivity index (χ0v) is 64.5. The minimum atomic E-state index is -0.0466. The van der Waals surface area contributed by atoms with Crippen LogP contribution in [0.3, 0.4) is 0 Å². The lowest BCUT2D eigenvalue weighted by Gasteiger charge is -2.33. The van der Waals surface area contributed by atoms with Gasteiger partial charge in [-0.1, -0.05) is 333 Å². The number of fused-ring (bicyclic) bond motifs is 10. The predicted octanol–water partition coefficient (Wildman–Crippen LogP) is 31.1. The molecule has 5 heteroatoms. The van der Waals surface area contributed by atoms with E-state index < -0.39 is 0 Å². The topological polar surface area (TPSA) is 25.8 Å². The van der Waals surface area contributed by atoms with E-state index in [0.717, 1.165) is 22.4 Å². The summed E-state index contributed by atoms with van der Waals surface area (Å²) >= 11 is 6.04. The number of hydrogen-bond acceptors (Lipinski definition) is 5. The first-order valence-electron chi connectivity index (χ1n) is 40.5. The average molecular weight is 1350 g/mol. The van der Waals surface area contributed by atoms with Gasteiger partial charge in [0.15, 0.2) is 0 Å². The predicted molar refractivity (Wildman–Crippen MR) is 433 cm³/mol. The molecule has 0 N–H and O–H groups in total. The normalized spacial score (nSPS) is 13.6. The van der Waals surface area contributed by atoms with Gasteiger partial charge in [0.1, 0.15) is 11.0 Å². The van der Waals surface area contributed by atoms with Crippen molar-refractivity contribution in [2.45, 2.75) is 336 Å². The van der Waals surface area contributed by atoms with Crippen molar-refractivity contribution < 1.29 is 0 Å². The molecule has 0 fully saturated rings. The molecule has 5 aromatic carbocycles. The van der Waals surface area contributed by atoms with Gasteiger partial charge in [0.2, 0.25) is 0 Å². The van der Waals surface area contributed by atoms with Gasteiger partial charge in [-0.2, -0.15) is 0 Å². The number of aryl methyl sites for hydroxylation is 4. The highest BCUT2D eigenvalue weighted by Gasteiger charge is 2.44. The lowest BCUT2D eigenvalue weighted by molar-refractivity contribution is 0.398. The zero-order valence-electron chi connectivity index (χ0n) is 62.1. The number of benzene rings is 5. The van der Waals surface area contributed by atoms with Crippen molar-refractivity contribution in [3.8, 4) is 54.5 Å². The lowest BCUT2D eigenvalue weighted by atomic mass is 9.70. The van der Waals surface area contributed by atoms with E-state index in [9.17, 15) is 0 Å². The van der Waals surface area contributed by atoms with E-state index in [2.05, 4.69) is 164 Å². The van der Waals surface area contributed by atoms with E-state index in [1.54, 1.807) is 38.8 Å². The van der Waals surface area contributed by atoms with Gasteiger partial charge < -0.3 is 0 Å². The van der Waals surface area contributed by atoms with Crippen LogP contribution < -0.4 is 0 Å². The Bertz CT molecular complexity index is 3900. The summed E-state index contributed by atoms with van der Waals surface area (Å²) in [6.07, 6.45) is 54.6. The number of aromatic nitrogens is 2. The summed E-state index contributed by atoms with van der Waals surface area (Å²) in [4.78, 5) is 17.8. The monoisotopic (exact) mass is 1350 g/mol. The molecule has 4 heterocycles. The number of nitrogens with zero attached hydrogens (tertiary/aromatic N) is 2. The fraction of sp³-hybridized carbons (Fsp3) is 0.565. The summed E-state index contributed by atoms with van der Waals surface area (Å²) in [5.41, 5.74) is 21.9. The van der Waals surface area contributed by atoms with Crippen LogP contribution in [-0.2, 0) is 23.7 Å². The van der Waals surface area contributed by atoms with Crippen molar-refractivity contribution in [2.24, 2.45) is 0 Å². The molecule has 0 aliphatic heterocycles. The Morgan fingerprint density at radius 1 is 0.320 bits per heavy atom. The molecule has 0 unspecified atom stereocenters. The summed E-state index contributed by atoms with van der Waals surface area (Å²) in [6.45, 7) is 18.8. The van der Waals surface area contributed by atoms with Crippen LogP contribution in [0, 0.1) is 13.8 Å². The Hall–Kier alpha value is -4.94. The summed E-state index contributed by atoms with van der Waals surface area (Å²) in [5.74, 6) is 0. The van der Waals surface area contributed by atoms with Crippen LogP contribution >= 0.6 is 34.0 Å². The molecule has 0 bridgehead atoms. The largest absolute Gasteiger partial charge is 0.243 e. The standard InChI is InChI=1S/C92H124N2S3/c1-9-15-21-27-33-39-49-71-72(50-40-34-28-22-16-10-2)78-66-83(97-89(78)88-77(71)63-67(7)95-88)90-87-84(68(8)96-90)93-85(69-55-57-75-73-51-41-43-53-79(73)91(81(75)64-69,59-45-35-29-23-17-11-3)60-46-36-30-24-18-12-4)86(94-87)70-56-58-76-74-52-42-44-54-80(74)92(82(76)65-70,61-47-37-31-25-19-13-5)62-48-38-32-26-20-14-6/h41-44,51-58,63-66H,9-40,45-50,59-62H2,1-8H3. The minimum absolute atomic E-state index is 0.0389. The third kappa shape index (κ3) is 16.8. The number of rotatable bonds is 45. The van der Waals surface area contributed by atoms with E-state index in [1.807, 2.05) is 22.7 Å². The minimum Gasteiger partial charge on any atom is -0.243 e. The van der Waals surface area contributed by atoms with Crippen LogP contribution in [-0.4, -0.2) is 9.97 Å². The van der Waals surface area contributed by atoms with Crippen molar-refractivity contribution in [1.29, 1.82) is 0 Å². The van der Waals surface area contributed by atoms with Crippen molar-refractivity contribution in [3.05, 3.63) is 140 Å². The van der Waals surface area contributed by atoms with E-state index in [-0.39, 0.29) is 10.8 Å². The van der Waals surface area contributed by atoms with Gasteiger partial charge in [-0.3, -0.25) is 0 Å². The van der Waals surface area contributed by atoms with Crippen LogP contribution in [0.2, 0.25) is 0 Å². The molecular formula is C92H124N2S3. The third-order valence-corrected chi connectivity index (χ3v) is 26.8. The quantitative estimate of drug-likeness (QED) is 0.0356. The third-order valence-electron chi connectivity index (χ3n) is 23.2. The van der Waals surface area contributed by atoms with Crippen molar-refractivity contribution in [2.75, 3.05) is 0 Å². The average Bonchev–Trinajstić information content (AvgIpc) is 1.82. The summed E-state index contributed by atoms with van der Waals surface area (Å²) in [7, 11) is 0. The first-order chi connectivity index (χ1) is 47.7. The van der Waals surface area contributed by atoms with Gasteiger partial charge in [-0.05, 0) is 156 Å². The van der Waals surface area contributed by atoms with E-state index in [4.69, 9.17) is 9.97 Å². The second-order valence-corrected chi connectivity index (χ2v) is 33.9. The molecule has 97 heavy (non-hydrogen) atoms. The first-order valence-corrected chi connectivity index (χ1v) is 43.0. The molecule has 2 nitrogen and oxygen atoms in total.